The van der Waals surface area contributed by atoms with E-state index in [9.17, 15) is 4.57 Å². The molecule has 0 aliphatic carbocycles. The Morgan fingerprint density at radius 3 is 1.70 bits per heavy atom. The van der Waals surface area contributed by atoms with E-state index in [1.807, 2.05) is 84.9 Å². The monoisotopic (exact) mass is 523 g/mol. The molecule has 4 aromatic carbocycles. The highest BCUT2D eigenvalue weighted by Crippen LogP contribution is 2.60. The Labute approximate surface area is 202 Å². The van der Waals surface area contributed by atoms with E-state index in [2.05, 4.69) is 21.2 Å². The van der Waals surface area contributed by atoms with Crippen LogP contribution in [0, 0.1) is 0 Å². The summed E-state index contributed by atoms with van der Waals surface area (Å²) in [5.74, 6) is 0.801. The first-order chi connectivity index (χ1) is 16.1. The first-order valence-electron chi connectivity index (χ1n) is 10.3. The van der Waals surface area contributed by atoms with Crippen LogP contribution >= 0.6 is 23.5 Å². The lowest BCUT2D eigenvalue weighted by Gasteiger charge is -2.29. The lowest BCUT2D eigenvalue weighted by Crippen LogP contribution is -2.18. The summed E-state index contributed by atoms with van der Waals surface area (Å²) in [5.41, 5.74) is 1.50. The zero-order valence-corrected chi connectivity index (χ0v) is 20.4. The summed E-state index contributed by atoms with van der Waals surface area (Å²) >= 11 is 3.45. The summed E-state index contributed by atoms with van der Waals surface area (Å²) in [6.07, 6.45) is 0. The van der Waals surface area contributed by atoms with Gasteiger partial charge in [0.2, 0.25) is 0 Å². The maximum absolute atomic E-state index is 14.5. The molecule has 0 fully saturated rings. The number of methoxy groups -OCH3 is 1. The lowest BCUT2D eigenvalue weighted by atomic mass is 10.2. The van der Waals surface area contributed by atoms with Crippen LogP contribution in [-0.4, -0.2) is 7.11 Å². The van der Waals surface area contributed by atoms with Gasteiger partial charge in [0.15, 0.2) is 5.78 Å². The molecule has 4 rings (SSSR count). The second-order valence-corrected chi connectivity index (χ2v) is 10.1. The van der Waals surface area contributed by atoms with Crippen LogP contribution in [0.4, 0.5) is 5.69 Å². The van der Waals surface area contributed by atoms with Crippen LogP contribution in [0.25, 0.3) is 0 Å². The highest BCUT2D eigenvalue weighted by atomic mass is 79.9. The Morgan fingerprint density at radius 1 is 0.697 bits per heavy atom. The fraction of sp³-hybridized carbons (Fsp3) is 0.0769. The van der Waals surface area contributed by atoms with Gasteiger partial charge in [-0.05, 0) is 66.2 Å². The maximum Gasteiger partial charge on any atom is 0.457 e. The van der Waals surface area contributed by atoms with Gasteiger partial charge in [0.25, 0.3) is 0 Å². The van der Waals surface area contributed by atoms with Crippen molar-refractivity contribution in [3.05, 3.63) is 119 Å². The molecule has 0 amide bonds. The molecule has 0 spiro atoms. The van der Waals surface area contributed by atoms with Gasteiger partial charge in [-0.25, -0.2) is 4.57 Å². The van der Waals surface area contributed by atoms with Crippen LogP contribution < -0.4 is 19.1 Å². The molecule has 0 aliphatic heterocycles. The van der Waals surface area contributed by atoms with Gasteiger partial charge >= 0.3 is 7.60 Å². The van der Waals surface area contributed by atoms with E-state index < -0.39 is 13.4 Å². The van der Waals surface area contributed by atoms with E-state index in [1.54, 1.807) is 31.4 Å². The van der Waals surface area contributed by atoms with Crippen molar-refractivity contribution in [2.45, 2.75) is 5.78 Å². The molecule has 1 atom stereocenters. The van der Waals surface area contributed by atoms with E-state index in [-0.39, 0.29) is 0 Å². The molecule has 33 heavy (non-hydrogen) atoms. The van der Waals surface area contributed by atoms with E-state index >= 15 is 0 Å². The normalized spacial score (nSPS) is 11.9. The van der Waals surface area contributed by atoms with Crippen LogP contribution in [0.15, 0.2) is 114 Å². The average molecular weight is 524 g/mol. The number of para-hydroxylation sites is 2. The van der Waals surface area contributed by atoms with Gasteiger partial charge in [0.05, 0.1) is 7.11 Å². The molecule has 1 unspecified atom stereocenters. The number of nitrogens with one attached hydrogen (secondary N) is 1. The molecule has 0 heterocycles. The first-order valence-corrected chi connectivity index (χ1v) is 12.7. The minimum atomic E-state index is -3.86. The molecule has 0 aromatic heterocycles. The number of halogens is 1. The van der Waals surface area contributed by atoms with E-state index in [1.165, 1.54) is 0 Å². The number of ether oxygens (including phenoxy) is 1. The molecule has 0 saturated carbocycles. The summed E-state index contributed by atoms with van der Waals surface area (Å²) in [7, 11) is -2.25. The molecule has 0 bridgehead atoms. The second kappa shape index (κ2) is 10.6. The smallest absolute Gasteiger partial charge is 0.457 e. The van der Waals surface area contributed by atoms with Crippen molar-refractivity contribution in [3.63, 3.8) is 0 Å². The SMILES string of the molecule is COc1ccc(C(Nc2ccc(Br)cc2)P(=O)(Oc2ccccc2)Oc2ccccc2)cc1. The van der Waals surface area contributed by atoms with Crippen molar-refractivity contribution < 1.29 is 18.3 Å². The van der Waals surface area contributed by atoms with Crippen molar-refractivity contribution in [3.8, 4) is 17.2 Å². The van der Waals surface area contributed by atoms with Gasteiger partial charge < -0.3 is 19.1 Å². The van der Waals surface area contributed by atoms with Crippen LogP contribution in [0.3, 0.4) is 0 Å². The third-order valence-corrected chi connectivity index (χ3v) is 7.37. The molecule has 168 valence electrons. The van der Waals surface area contributed by atoms with Crippen molar-refractivity contribution >= 4 is 29.2 Å². The number of hydrogen-bond donors (Lipinski definition) is 1. The summed E-state index contributed by atoms with van der Waals surface area (Å²) in [6, 6.07) is 33.0. The molecule has 0 radical (unpaired) electrons. The van der Waals surface area contributed by atoms with E-state index in [0.717, 1.165) is 15.7 Å². The minimum absolute atomic E-state index is 0.452. The standard InChI is InChI=1S/C26H23BrNO4P/c1-30-23-18-12-20(13-19-23)26(28-22-16-14-21(27)15-17-22)33(29,31-24-8-4-2-5-9-24)32-25-10-6-3-7-11-25/h2-19,26,28H,1H3. The third-order valence-electron chi connectivity index (χ3n) is 4.85. The van der Waals surface area contributed by atoms with Crippen molar-refractivity contribution in [2.24, 2.45) is 0 Å². The fourth-order valence-corrected chi connectivity index (χ4v) is 5.40. The van der Waals surface area contributed by atoms with Crippen molar-refractivity contribution in [2.75, 3.05) is 12.4 Å². The zero-order valence-electron chi connectivity index (χ0n) is 17.9. The number of anilines is 1. The molecular weight excluding hydrogens is 501 g/mol. The highest BCUT2D eigenvalue weighted by Gasteiger charge is 2.41. The number of hydrogen-bond acceptors (Lipinski definition) is 5. The Kier molecular flexibility index (Phi) is 7.38. The Morgan fingerprint density at radius 2 is 1.21 bits per heavy atom. The Balaban J connectivity index is 1.79. The van der Waals surface area contributed by atoms with Crippen LogP contribution in [0.5, 0.6) is 17.2 Å². The Bertz CT molecular complexity index is 1160. The zero-order chi connectivity index (χ0) is 23.1. The maximum atomic E-state index is 14.5. The van der Waals surface area contributed by atoms with Crippen molar-refractivity contribution in [1.29, 1.82) is 0 Å². The lowest BCUT2D eigenvalue weighted by molar-refractivity contribution is 0.376. The number of benzene rings is 4. The summed E-state index contributed by atoms with van der Waals surface area (Å²) in [5, 5.41) is 3.37. The largest absolute Gasteiger partial charge is 0.497 e. The fourth-order valence-electron chi connectivity index (χ4n) is 3.22. The van der Waals surface area contributed by atoms with Gasteiger partial charge in [-0.2, -0.15) is 0 Å². The molecule has 4 aromatic rings. The molecule has 0 saturated heterocycles. The average Bonchev–Trinajstić information content (AvgIpc) is 2.85. The summed E-state index contributed by atoms with van der Waals surface area (Å²) in [6.45, 7) is 0. The topological polar surface area (TPSA) is 56.8 Å². The van der Waals surface area contributed by atoms with Crippen LogP contribution in [0.1, 0.15) is 11.3 Å². The third kappa shape index (κ3) is 5.98. The molecular formula is C26H23BrNO4P. The molecule has 1 N–H and O–H groups in total. The first kappa shape index (κ1) is 23.0. The minimum Gasteiger partial charge on any atom is -0.497 e. The predicted octanol–water partition coefficient (Wildman–Crippen LogP) is 7.92. The molecule has 0 aliphatic rings. The molecule has 5 nitrogen and oxygen atoms in total. The second-order valence-electron chi connectivity index (χ2n) is 7.18. The van der Waals surface area contributed by atoms with Gasteiger partial charge in [-0.3, -0.25) is 0 Å². The predicted molar refractivity (Wildman–Crippen MR) is 135 cm³/mol. The van der Waals surface area contributed by atoms with Crippen LogP contribution in [0.2, 0.25) is 0 Å². The van der Waals surface area contributed by atoms with Gasteiger partial charge in [0.1, 0.15) is 17.2 Å². The number of rotatable bonds is 9. The van der Waals surface area contributed by atoms with E-state index in [4.69, 9.17) is 13.8 Å². The van der Waals surface area contributed by atoms with E-state index in [0.29, 0.717) is 17.2 Å². The Hall–Kier alpha value is -3.21. The van der Waals surface area contributed by atoms with Gasteiger partial charge in [0, 0.05) is 10.2 Å². The molecule has 7 heteroatoms. The van der Waals surface area contributed by atoms with Gasteiger partial charge in [-0.15, -0.1) is 0 Å². The van der Waals surface area contributed by atoms with Gasteiger partial charge in [-0.1, -0.05) is 64.5 Å². The summed E-state index contributed by atoms with van der Waals surface area (Å²) in [4.78, 5) is 0. The highest BCUT2D eigenvalue weighted by molar-refractivity contribution is 9.10. The van der Waals surface area contributed by atoms with Crippen LogP contribution in [-0.2, 0) is 4.57 Å². The summed E-state index contributed by atoms with van der Waals surface area (Å²) < 4.78 is 33.0. The quantitative estimate of drug-likeness (QED) is 0.226. The van der Waals surface area contributed by atoms with Crippen molar-refractivity contribution in [1.82, 2.24) is 0 Å².